The van der Waals surface area contributed by atoms with Crippen LogP contribution in [0, 0.1) is 5.41 Å². The second kappa shape index (κ2) is 8.86. The molecule has 172 valence electrons. The SMILES string of the molecule is CCC(C)(C)C(=O)C(=O)[N+]1(CC)CCC[C@@]1(C(=O)O)c1cc(OC)c(OC)c(OC)c1. The van der Waals surface area contributed by atoms with E-state index >= 15 is 0 Å². The quantitative estimate of drug-likeness (QED) is 0.469. The number of aliphatic carboxylic acids is 1. The fourth-order valence-electron chi connectivity index (χ4n) is 4.63. The minimum atomic E-state index is -1.64. The van der Waals surface area contributed by atoms with E-state index in [4.69, 9.17) is 14.2 Å². The minimum absolute atomic E-state index is 0.174. The number of carboxylic acids is 1. The predicted molar refractivity (Wildman–Crippen MR) is 114 cm³/mol. The van der Waals surface area contributed by atoms with E-state index in [1.165, 1.54) is 21.3 Å². The fourth-order valence-corrected chi connectivity index (χ4v) is 4.63. The Balaban J connectivity index is 2.84. The molecule has 31 heavy (non-hydrogen) atoms. The molecule has 1 aliphatic heterocycles. The number of ketones is 1. The lowest BCUT2D eigenvalue weighted by Crippen LogP contribution is -2.68. The summed E-state index contributed by atoms with van der Waals surface area (Å²) in [6, 6.07) is 3.15. The first-order valence-corrected chi connectivity index (χ1v) is 10.5. The zero-order chi connectivity index (χ0) is 23.6. The van der Waals surface area contributed by atoms with Crippen molar-refractivity contribution in [3.63, 3.8) is 0 Å². The molecule has 1 aromatic rings. The van der Waals surface area contributed by atoms with Crippen molar-refractivity contribution in [3.05, 3.63) is 17.7 Å². The van der Waals surface area contributed by atoms with Gasteiger partial charge in [-0.3, -0.25) is 4.79 Å². The molecule has 0 saturated carbocycles. The first-order valence-electron chi connectivity index (χ1n) is 10.5. The highest BCUT2D eigenvalue weighted by molar-refractivity contribution is 6.35. The summed E-state index contributed by atoms with van der Waals surface area (Å²) in [5, 5.41) is 10.5. The van der Waals surface area contributed by atoms with Crippen molar-refractivity contribution < 1.29 is 38.2 Å². The van der Waals surface area contributed by atoms with Crippen LogP contribution in [0.15, 0.2) is 12.1 Å². The molecule has 1 saturated heterocycles. The van der Waals surface area contributed by atoms with Crippen LogP contribution in [0.3, 0.4) is 0 Å². The van der Waals surface area contributed by atoms with Gasteiger partial charge in [0.25, 0.3) is 5.78 Å². The Labute approximate surface area is 183 Å². The second-order valence-corrected chi connectivity index (χ2v) is 8.56. The summed E-state index contributed by atoms with van der Waals surface area (Å²) in [4.78, 5) is 39.8. The van der Waals surface area contributed by atoms with Gasteiger partial charge in [-0.2, -0.15) is 0 Å². The van der Waals surface area contributed by atoms with Gasteiger partial charge in [-0.25, -0.2) is 14.1 Å². The number of quaternary nitrogens is 1. The molecule has 2 rings (SSSR count). The van der Waals surface area contributed by atoms with Crippen LogP contribution in [-0.2, 0) is 19.9 Å². The maximum atomic E-state index is 13.7. The van der Waals surface area contributed by atoms with Crippen molar-refractivity contribution in [3.8, 4) is 17.2 Å². The van der Waals surface area contributed by atoms with Gasteiger partial charge < -0.3 is 19.3 Å². The highest BCUT2D eigenvalue weighted by Crippen LogP contribution is 2.50. The van der Waals surface area contributed by atoms with Crippen LogP contribution in [0.25, 0.3) is 0 Å². The first kappa shape index (κ1) is 24.7. The van der Waals surface area contributed by atoms with E-state index in [1.54, 1.807) is 32.9 Å². The number of nitrogens with zero attached hydrogens (tertiary/aromatic N) is 1. The highest BCUT2D eigenvalue weighted by atomic mass is 16.5. The Morgan fingerprint density at radius 1 is 1.06 bits per heavy atom. The number of hydrogen-bond acceptors (Lipinski definition) is 6. The van der Waals surface area contributed by atoms with Gasteiger partial charge in [-0.15, -0.1) is 0 Å². The van der Waals surface area contributed by atoms with Crippen molar-refractivity contribution in [2.45, 2.75) is 52.5 Å². The third-order valence-corrected chi connectivity index (χ3v) is 6.93. The van der Waals surface area contributed by atoms with Crippen molar-refractivity contribution in [1.82, 2.24) is 0 Å². The molecule has 2 atom stereocenters. The number of benzene rings is 1. The number of ether oxygens (including phenoxy) is 3. The number of carbonyl (C=O) groups is 3. The smallest absolute Gasteiger partial charge is 0.383 e. The van der Waals surface area contributed by atoms with Gasteiger partial charge in [-0.1, -0.05) is 20.8 Å². The third-order valence-electron chi connectivity index (χ3n) is 6.93. The second-order valence-electron chi connectivity index (χ2n) is 8.56. The molecule has 1 aliphatic rings. The molecule has 0 radical (unpaired) electrons. The number of hydrogen-bond donors (Lipinski definition) is 1. The summed E-state index contributed by atoms with van der Waals surface area (Å²) in [5.41, 5.74) is -2.16. The maximum Gasteiger partial charge on any atom is 0.383 e. The maximum absolute atomic E-state index is 13.7. The van der Waals surface area contributed by atoms with E-state index in [0.29, 0.717) is 35.7 Å². The van der Waals surface area contributed by atoms with Crippen LogP contribution < -0.4 is 14.2 Å². The number of likely N-dealkylation sites (tertiary alicyclic amines) is 1. The highest BCUT2D eigenvalue weighted by Gasteiger charge is 2.67. The third kappa shape index (κ3) is 3.56. The normalized spacial score (nSPS) is 23.3. The van der Waals surface area contributed by atoms with E-state index < -0.39 is 33.1 Å². The van der Waals surface area contributed by atoms with Crippen LogP contribution in [0.2, 0.25) is 0 Å². The molecule has 1 amide bonds. The number of amides is 1. The summed E-state index contributed by atoms with van der Waals surface area (Å²) in [7, 11) is 4.36. The van der Waals surface area contributed by atoms with Crippen LogP contribution in [-0.4, -0.2) is 61.7 Å². The molecule has 1 N–H and O–H groups in total. The average Bonchev–Trinajstić information content (AvgIpc) is 3.18. The van der Waals surface area contributed by atoms with E-state index in [9.17, 15) is 19.5 Å². The molecule has 8 heteroatoms. The van der Waals surface area contributed by atoms with Gasteiger partial charge in [0.2, 0.25) is 11.3 Å². The largest absolute Gasteiger partial charge is 0.493 e. The van der Waals surface area contributed by atoms with Crippen molar-refractivity contribution in [1.29, 1.82) is 0 Å². The lowest BCUT2D eigenvalue weighted by atomic mass is 9.80. The summed E-state index contributed by atoms with van der Waals surface area (Å²) in [6.45, 7) is 7.48. The molecule has 0 bridgehead atoms. The standard InChI is InChI=1S/C23H33NO7/c1-8-22(3,4)19(25)20(26)24(9-2)12-10-11-23(24,21(27)28)15-13-16(29-5)18(31-7)17(14-15)30-6/h13-14H,8-12H2,1-7H3/p+1/t23-,24?/m0/s1. The van der Waals surface area contributed by atoms with Gasteiger partial charge in [0.15, 0.2) is 11.5 Å². The zero-order valence-corrected chi connectivity index (χ0v) is 19.5. The van der Waals surface area contributed by atoms with Crippen molar-refractivity contribution >= 4 is 17.7 Å². The molecule has 1 unspecified atom stereocenters. The first-order chi connectivity index (χ1) is 14.5. The van der Waals surface area contributed by atoms with Gasteiger partial charge in [0.1, 0.15) is 0 Å². The Morgan fingerprint density at radius 2 is 1.61 bits per heavy atom. The van der Waals surface area contributed by atoms with Crippen LogP contribution in [0.4, 0.5) is 0 Å². The van der Waals surface area contributed by atoms with Crippen molar-refractivity contribution in [2.24, 2.45) is 5.41 Å². The number of Topliss-reactive ketones (excluding diaryl/α,β-unsaturated/α-hetero) is 1. The Morgan fingerprint density at radius 3 is 2.00 bits per heavy atom. The average molecular weight is 437 g/mol. The van der Waals surface area contributed by atoms with Gasteiger partial charge in [0.05, 0.1) is 34.4 Å². The molecular formula is C23H34NO7+. The van der Waals surface area contributed by atoms with Crippen molar-refractivity contribution in [2.75, 3.05) is 34.4 Å². The monoisotopic (exact) mass is 436 g/mol. The van der Waals surface area contributed by atoms with E-state index in [0.717, 1.165) is 0 Å². The van der Waals surface area contributed by atoms with Gasteiger partial charge in [0, 0.05) is 23.8 Å². The topological polar surface area (TPSA) is 99.1 Å². The van der Waals surface area contributed by atoms with Crippen LogP contribution in [0.1, 0.15) is 52.5 Å². The van der Waals surface area contributed by atoms with E-state index in [-0.39, 0.29) is 19.5 Å². The summed E-state index contributed by atoms with van der Waals surface area (Å²) in [5.74, 6) is -1.44. The summed E-state index contributed by atoms with van der Waals surface area (Å²) >= 11 is 0. The minimum Gasteiger partial charge on any atom is -0.493 e. The Kier molecular flexibility index (Phi) is 7.05. The molecule has 1 heterocycles. The molecule has 8 nitrogen and oxygen atoms in total. The fraction of sp³-hybridized carbons (Fsp3) is 0.609. The molecular weight excluding hydrogens is 402 g/mol. The molecule has 0 aromatic heterocycles. The number of methoxy groups -OCH3 is 3. The number of rotatable bonds is 9. The number of carbonyl (C=O) groups excluding carboxylic acids is 2. The number of carboxylic acid groups (broad SMARTS) is 1. The summed E-state index contributed by atoms with van der Waals surface area (Å²) in [6.07, 6.45) is 1.17. The molecule has 1 fully saturated rings. The lowest BCUT2D eigenvalue weighted by Gasteiger charge is -2.44. The van der Waals surface area contributed by atoms with Crippen LogP contribution in [0.5, 0.6) is 17.2 Å². The summed E-state index contributed by atoms with van der Waals surface area (Å²) < 4.78 is 15.8. The predicted octanol–water partition coefficient (Wildman–Crippen LogP) is 3.15. The van der Waals surface area contributed by atoms with Gasteiger partial charge in [-0.05, 0) is 25.5 Å². The number of likely N-dealkylation sites (N-methyl/N-ethyl adjacent to an activating group) is 1. The van der Waals surface area contributed by atoms with E-state index in [1.807, 2.05) is 6.92 Å². The Bertz CT molecular complexity index is 854. The molecule has 1 aromatic carbocycles. The van der Waals surface area contributed by atoms with Crippen LogP contribution >= 0.6 is 0 Å². The lowest BCUT2D eigenvalue weighted by molar-refractivity contribution is -0.886. The Hall–Kier alpha value is -2.61. The zero-order valence-electron chi connectivity index (χ0n) is 19.5. The van der Waals surface area contributed by atoms with E-state index in [2.05, 4.69) is 0 Å². The molecule has 0 spiro atoms. The van der Waals surface area contributed by atoms with Gasteiger partial charge >= 0.3 is 11.9 Å². The molecule has 0 aliphatic carbocycles.